The van der Waals surface area contributed by atoms with Gasteiger partial charge in [-0.3, -0.25) is 0 Å². The topological polar surface area (TPSA) is 48.4 Å². The number of nitrogens with one attached hydrogen (secondary N) is 1. The van der Waals surface area contributed by atoms with Crippen LogP contribution in [0, 0.1) is 0 Å². The second kappa shape index (κ2) is 6.57. The number of aromatic nitrogens is 1. The number of likely N-dealkylation sites (N-methyl/N-ethyl adjacent to an activating group) is 1. The van der Waals surface area contributed by atoms with E-state index >= 15 is 0 Å². The van der Waals surface area contributed by atoms with E-state index < -0.39 is 0 Å². The molecule has 0 fully saturated rings. The first-order valence-corrected chi connectivity index (χ1v) is 7.18. The Balaban J connectivity index is 2.27. The lowest BCUT2D eigenvalue weighted by atomic mass is 10.1. The molecule has 0 aliphatic heterocycles. The minimum absolute atomic E-state index is 0.281. The summed E-state index contributed by atoms with van der Waals surface area (Å²) in [4.78, 5) is 6.74. The average Bonchev–Trinajstić information content (AvgIpc) is 2.43. The highest BCUT2D eigenvalue weighted by Gasteiger charge is 2.10. The van der Waals surface area contributed by atoms with Crippen LogP contribution < -0.4 is 10.2 Å². The second-order valence-electron chi connectivity index (χ2n) is 5.23. The van der Waals surface area contributed by atoms with Gasteiger partial charge in [-0.2, -0.15) is 0 Å². The molecule has 0 aliphatic carbocycles. The van der Waals surface area contributed by atoms with E-state index in [1.54, 1.807) is 12.1 Å². The van der Waals surface area contributed by atoms with Crippen molar-refractivity contribution in [1.82, 2.24) is 10.3 Å². The zero-order chi connectivity index (χ0) is 14.5. The molecule has 1 aromatic carbocycles. The standard InChI is InChI=1S/C16H23N3O/c1-4-19(10-9-17-12(2)3)16-15-11-14(20)6-5-13(15)7-8-18-16/h5-8,11-12,17,20H,4,9-10H2,1-3H3. The van der Waals surface area contributed by atoms with Crippen molar-refractivity contribution in [2.24, 2.45) is 0 Å². The number of phenolic OH excluding ortho intramolecular Hbond substituents is 1. The quantitative estimate of drug-likeness (QED) is 0.849. The summed E-state index contributed by atoms with van der Waals surface area (Å²) in [5, 5.41) is 15.2. The van der Waals surface area contributed by atoms with E-state index in [9.17, 15) is 5.11 Å². The molecule has 0 spiro atoms. The number of phenols is 1. The van der Waals surface area contributed by atoms with Crippen LogP contribution in [0.3, 0.4) is 0 Å². The minimum Gasteiger partial charge on any atom is -0.508 e. The third kappa shape index (κ3) is 3.39. The van der Waals surface area contributed by atoms with Crippen LogP contribution in [0.4, 0.5) is 5.82 Å². The van der Waals surface area contributed by atoms with Gasteiger partial charge in [-0.1, -0.05) is 19.9 Å². The summed E-state index contributed by atoms with van der Waals surface area (Å²) in [6, 6.07) is 7.88. The normalized spacial score (nSPS) is 11.2. The van der Waals surface area contributed by atoms with Crippen LogP contribution in [-0.2, 0) is 0 Å². The van der Waals surface area contributed by atoms with Crippen LogP contribution in [0.15, 0.2) is 30.5 Å². The zero-order valence-corrected chi connectivity index (χ0v) is 12.4. The van der Waals surface area contributed by atoms with Gasteiger partial charge < -0.3 is 15.3 Å². The summed E-state index contributed by atoms with van der Waals surface area (Å²) >= 11 is 0. The lowest BCUT2D eigenvalue weighted by Crippen LogP contribution is -2.35. The second-order valence-corrected chi connectivity index (χ2v) is 5.23. The molecular weight excluding hydrogens is 250 g/mol. The highest BCUT2D eigenvalue weighted by molar-refractivity contribution is 5.93. The molecule has 20 heavy (non-hydrogen) atoms. The lowest BCUT2D eigenvalue weighted by Gasteiger charge is -2.24. The predicted molar refractivity (Wildman–Crippen MR) is 84.4 cm³/mol. The Labute approximate surface area is 120 Å². The fourth-order valence-corrected chi connectivity index (χ4v) is 2.29. The molecule has 2 aromatic rings. The first kappa shape index (κ1) is 14.6. The van der Waals surface area contributed by atoms with Crippen molar-refractivity contribution in [2.75, 3.05) is 24.5 Å². The molecule has 1 heterocycles. The van der Waals surface area contributed by atoms with Crippen LogP contribution in [0.25, 0.3) is 10.8 Å². The number of hydrogen-bond acceptors (Lipinski definition) is 4. The minimum atomic E-state index is 0.281. The van der Waals surface area contributed by atoms with Gasteiger partial charge in [0.2, 0.25) is 0 Å². The van der Waals surface area contributed by atoms with Gasteiger partial charge in [-0.05, 0) is 30.5 Å². The Morgan fingerprint density at radius 2 is 2.10 bits per heavy atom. The molecule has 0 amide bonds. The summed E-state index contributed by atoms with van der Waals surface area (Å²) in [6.45, 7) is 9.12. The van der Waals surface area contributed by atoms with Crippen molar-refractivity contribution in [1.29, 1.82) is 0 Å². The van der Waals surface area contributed by atoms with E-state index in [-0.39, 0.29) is 5.75 Å². The predicted octanol–water partition coefficient (Wildman–Crippen LogP) is 2.76. The average molecular weight is 273 g/mol. The van der Waals surface area contributed by atoms with E-state index in [0.717, 1.165) is 36.2 Å². The summed E-state index contributed by atoms with van der Waals surface area (Å²) in [6.07, 6.45) is 1.83. The number of aromatic hydroxyl groups is 1. The number of pyridine rings is 1. The van der Waals surface area contributed by atoms with Crippen molar-refractivity contribution >= 4 is 16.6 Å². The van der Waals surface area contributed by atoms with Gasteiger partial charge in [0, 0.05) is 37.3 Å². The van der Waals surface area contributed by atoms with Gasteiger partial charge in [0.15, 0.2) is 0 Å². The fourth-order valence-electron chi connectivity index (χ4n) is 2.29. The highest BCUT2D eigenvalue weighted by atomic mass is 16.3. The van der Waals surface area contributed by atoms with Crippen molar-refractivity contribution in [2.45, 2.75) is 26.8 Å². The van der Waals surface area contributed by atoms with E-state index in [1.165, 1.54) is 0 Å². The van der Waals surface area contributed by atoms with Crippen LogP contribution in [-0.4, -0.2) is 35.8 Å². The molecule has 4 heteroatoms. The Morgan fingerprint density at radius 3 is 2.80 bits per heavy atom. The van der Waals surface area contributed by atoms with E-state index in [4.69, 9.17) is 0 Å². The van der Waals surface area contributed by atoms with Crippen molar-refractivity contribution in [3.63, 3.8) is 0 Å². The zero-order valence-electron chi connectivity index (χ0n) is 12.4. The Kier molecular flexibility index (Phi) is 4.79. The highest BCUT2D eigenvalue weighted by Crippen LogP contribution is 2.27. The van der Waals surface area contributed by atoms with Crippen molar-refractivity contribution in [3.8, 4) is 5.75 Å². The fraction of sp³-hybridized carbons (Fsp3) is 0.438. The Hall–Kier alpha value is -1.81. The molecule has 0 atom stereocenters. The smallest absolute Gasteiger partial charge is 0.136 e. The maximum Gasteiger partial charge on any atom is 0.136 e. The molecule has 0 saturated heterocycles. The summed E-state index contributed by atoms with van der Waals surface area (Å²) in [5.74, 6) is 1.22. The molecule has 0 radical (unpaired) electrons. The van der Waals surface area contributed by atoms with Gasteiger partial charge in [-0.15, -0.1) is 0 Å². The third-order valence-corrected chi connectivity index (χ3v) is 3.34. The number of nitrogens with zero attached hydrogens (tertiary/aromatic N) is 2. The number of benzene rings is 1. The van der Waals surface area contributed by atoms with Gasteiger partial charge in [0.05, 0.1) is 0 Å². The molecule has 1 aromatic heterocycles. The Bertz CT molecular complexity index is 569. The molecule has 2 rings (SSSR count). The Morgan fingerprint density at radius 1 is 1.30 bits per heavy atom. The molecular formula is C16H23N3O. The molecule has 2 N–H and O–H groups in total. The number of hydrogen-bond donors (Lipinski definition) is 2. The number of fused-ring (bicyclic) bond motifs is 1. The summed E-state index contributed by atoms with van der Waals surface area (Å²) in [5.41, 5.74) is 0. The SMILES string of the molecule is CCN(CCNC(C)C)c1nccc2ccc(O)cc12. The maximum absolute atomic E-state index is 9.70. The van der Waals surface area contributed by atoms with Gasteiger partial charge in [-0.25, -0.2) is 4.98 Å². The molecule has 4 nitrogen and oxygen atoms in total. The molecule has 108 valence electrons. The summed E-state index contributed by atoms with van der Waals surface area (Å²) in [7, 11) is 0. The largest absolute Gasteiger partial charge is 0.508 e. The maximum atomic E-state index is 9.70. The van der Waals surface area contributed by atoms with E-state index in [0.29, 0.717) is 6.04 Å². The molecule has 0 saturated carbocycles. The van der Waals surface area contributed by atoms with Crippen molar-refractivity contribution < 1.29 is 5.11 Å². The van der Waals surface area contributed by atoms with E-state index in [1.807, 2.05) is 18.3 Å². The van der Waals surface area contributed by atoms with Crippen LogP contribution in [0.1, 0.15) is 20.8 Å². The first-order chi connectivity index (χ1) is 9.61. The van der Waals surface area contributed by atoms with Crippen LogP contribution in [0.5, 0.6) is 5.75 Å². The third-order valence-electron chi connectivity index (χ3n) is 3.34. The van der Waals surface area contributed by atoms with Gasteiger partial charge >= 0.3 is 0 Å². The van der Waals surface area contributed by atoms with E-state index in [2.05, 4.69) is 36.0 Å². The molecule has 0 aliphatic rings. The molecule has 0 bridgehead atoms. The van der Waals surface area contributed by atoms with Crippen LogP contribution in [0.2, 0.25) is 0 Å². The summed E-state index contributed by atoms with van der Waals surface area (Å²) < 4.78 is 0. The molecule has 0 unspecified atom stereocenters. The van der Waals surface area contributed by atoms with Crippen LogP contribution >= 0.6 is 0 Å². The van der Waals surface area contributed by atoms with Gasteiger partial charge in [0.25, 0.3) is 0 Å². The van der Waals surface area contributed by atoms with Gasteiger partial charge in [0.1, 0.15) is 11.6 Å². The monoisotopic (exact) mass is 273 g/mol. The lowest BCUT2D eigenvalue weighted by molar-refractivity contribution is 0.476. The first-order valence-electron chi connectivity index (χ1n) is 7.18. The number of anilines is 1. The van der Waals surface area contributed by atoms with Crippen molar-refractivity contribution in [3.05, 3.63) is 30.5 Å². The number of rotatable bonds is 6.